The van der Waals surface area contributed by atoms with E-state index in [9.17, 15) is 19.7 Å². The van der Waals surface area contributed by atoms with Crippen LogP contribution < -0.4 is 14.8 Å². The average molecular weight is 422 g/mol. The first kappa shape index (κ1) is 22.0. The van der Waals surface area contributed by atoms with Crippen LogP contribution in [0.3, 0.4) is 0 Å². The monoisotopic (exact) mass is 421 g/mol. The fourth-order valence-corrected chi connectivity index (χ4v) is 2.55. The van der Waals surface area contributed by atoms with E-state index in [1.807, 2.05) is 0 Å². The van der Waals surface area contributed by atoms with E-state index in [0.717, 1.165) is 11.6 Å². The number of carbonyl (C=O) groups is 2. The quantitative estimate of drug-likeness (QED) is 0.518. The van der Waals surface area contributed by atoms with Crippen molar-refractivity contribution in [2.75, 3.05) is 27.8 Å². The van der Waals surface area contributed by atoms with Crippen molar-refractivity contribution in [3.8, 4) is 11.5 Å². The Kier molecular flexibility index (Phi) is 7.38. The Morgan fingerprint density at radius 1 is 1.17 bits per heavy atom. The van der Waals surface area contributed by atoms with Gasteiger partial charge in [-0.1, -0.05) is 17.7 Å². The highest BCUT2D eigenvalue weighted by Gasteiger charge is 2.15. The number of nitro groups is 1. The van der Waals surface area contributed by atoms with Gasteiger partial charge in [0.2, 0.25) is 0 Å². The van der Waals surface area contributed by atoms with Crippen LogP contribution in [-0.2, 0) is 11.3 Å². The van der Waals surface area contributed by atoms with Crippen LogP contribution in [-0.4, -0.2) is 49.4 Å². The van der Waals surface area contributed by atoms with Crippen molar-refractivity contribution in [3.63, 3.8) is 0 Å². The molecule has 29 heavy (non-hydrogen) atoms. The molecule has 0 heterocycles. The summed E-state index contributed by atoms with van der Waals surface area (Å²) in [6, 6.07) is 8.67. The van der Waals surface area contributed by atoms with Gasteiger partial charge < -0.3 is 19.7 Å². The van der Waals surface area contributed by atoms with Crippen LogP contribution in [0.4, 0.5) is 5.69 Å². The highest BCUT2D eigenvalue weighted by atomic mass is 35.5. The van der Waals surface area contributed by atoms with Gasteiger partial charge in [-0.15, -0.1) is 0 Å². The van der Waals surface area contributed by atoms with Crippen molar-refractivity contribution in [1.82, 2.24) is 10.2 Å². The predicted molar refractivity (Wildman–Crippen MR) is 106 cm³/mol. The Labute approximate surface area is 172 Å². The van der Waals surface area contributed by atoms with E-state index < -0.39 is 10.8 Å². The Morgan fingerprint density at radius 2 is 1.90 bits per heavy atom. The Morgan fingerprint density at radius 3 is 2.48 bits per heavy atom. The molecule has 0 aliphatic rings. The molecule has 1 N–H and O–H groups in total. The number of likely N-dealkylation sites (N-methyl/N-ethyl adjacent to an activating group) is 1. The lowest BCUT2D eigenvalue weighted by atomic mass is 10.1. The Bertz CT molecular complexity index is 932. The fraction of sp³-hybridized carbons (Fsp3) is 0.263. The van der Waals surface area contributed by atoms with Crippen molar-refractivity contribution >= 4 is 29.1 Å². The molecule has 0 aliphatic carbocycles. The minimum absolute atomic E-state index is 0.0106. The third kappa shape index (κ3) is 5.82. The van der Waals surface area contributed by atoms with E-state index >= 15 is 0 Å². The van der Waals surface area contributed by atoms with Gasteiger partial charge in [-0.3, -0.25) is 19.7 Å². The topological polar surface area (TPSA) is 111 Å². The van der Waals surface area contributed by atoms with E-state index in [0.29, 0.717) is 11.5 Å². The van der Waals surface area contributed by atoms with Crippen molar-refractivity contribution in [2.45, 2.75) is 6.54 Å². The van der Waals surface area contributed by atoms with Gasteiger partial charge in [0.15, 0.2) is 18.1 Å². The van der Waals surface area contributed by atoms with E-state index in [1.165, 1.54) is 24.1 Å². The molecule has 0 unspecified atom stereocenters. The Balaban J connectivity index is 2.04. The van der Waals surface area contributed by atoms with Gasteiger partial charge in [-0.25, -0.2) is 0 Å². The molecule has 0 aromatic heterocycles. The molecule has 0 atom stereocenters. The highest BCUT2D eigenvalue weighted by molar-refractivity contribution is 6.34. The zero-order chi connectivity index (χ0) is 21.6. The molecule has 2 rings (SSSR count). The largest absolute Gasteiger partial charge is 0.493 e. The zero-order valence-electron chi connectivity index (χ0n) is 16.1. The maximum atomic E-state index is 12.3. The molecule has 2 amide bonds. The summed E-state index contributed by atoms with van der Waals surface area (Å²) in [7, 11) is 4.73. The van der Waals surface area contributed by atoms with Crippen molar-refractivity contribution in [2.24, 2.45) is 0 Å². The maximum Gasteiger partial charge on any atom is 0.270 e. The normalized spacial score (nSPS) is 10.2. The third-order valence-corrected chi connectivity index (χ3v) is 4.25. The molecule has 154 valence electrons. The summed E-state index contributed by atoms with van der Waals surface area (Å²) < 4.78 is 10.7. The lowest BCUT2D eigenvalue weighted by molar-refractivity contribution is -0.384. The van der Waals surface area contributed by atoms with Gasteiger partial charge in [0, 0.05) is 32.8 Å². The molecule has 0 saturated carbocycles. The minimum Gasteiger partial charge on any atom is -0.493 e. The SMILES string of the molecule is COc1cc(CNC(=O)c2ccc([N+](=O)[O-])cc2Cl)ccc1OCC(=O)N(C)C. The number of halogens is 1. The van der Waals surface area contributed by atoms with Gasteiger partial charge >= 0.3 is 0 Å². The van der Waals surface area contributed by atoms with Crippen LogP contribution >= 0.6 is 11.6 Å². The average Bonchev–Trinajstić information content (AvgIpc) is 2.70. The van der Waals surface area contributed by atoms with Crippen LogP contribution in [0.2, 0.25) is 5.02 Å². The van der Waals surface area contributed by atoms with E-state index in [4.69, 9.17) is 21.1 Å². The summed E-state index contributed by atoms with van der Waals surface area (Å²) in [5, 5.41) is 13.4. The number of methoxy groups -OCH3 is 1. The molecule has 10 heteroatoms. The molecule has 0 fully saturated rings. The summed E-state index contributed by atoms with van der Waals surface area (Å²) in [4.78, 5) is 35.5. The molecular weight excluding hydrogens is 402 g/mol. The summed E-state index contributed by atoms with van der Waals surface area (Å²) in [6.45, 7) is 0.0392. The van der Waals surface area contributed by atoms with Crippen LogP contribution in [0.15, 0.2) is 36.4 Å². The van der Waals surface area contributed by atoms with Gasteiger partial charge in [0.1, 0.15) is 0 Å². The van der Waals surface area contributed by atoms with Gasteiger partial charge in [0.05, 0.1) is 22.6 Å². The van der Waals surface area contributed by atoms with Gasteiger partial charge in [-0.05, 0) is 23.8 Å². The van der Waals surface area contributed by atoms with Gasteiger partial charge in [0.25, 0.3) is 17.5 Å². The standard InChI is InChI=1S/C19H20ClN3O6/c1-22(2)18(24)11-29-16-7-4-12(8-17(16)28-3)10-21-19(25)14-6-5-13(23(26)27)9-15(14)20/h4-9H,10-11H2,1-3H3,(H,21,25). The molecule has 0 bridgehead atoms. The van der Waals surface area contributed by atoms with E-state index in [-0.39, 0.29) is 35.3 Å². The first-order chi connectivity index (χ1) is 13.7. The highest BCUT2D eigenvalue weighted by Crippen LogP contribution is 2.28. The summed E-state index contributed by atoms with van der Waals surface area (Å²) in [6.07, 6.45) is 0. The smallest absolute Gasteiger partial charge is 0.270 e. The van der Waals surface area contributed by atoms with Crippen LogP contribution in [0.1, 0.15) is 15.9 Å². The molecule has 0 aliphatic heterocycles. The molecule has 0 spiro atoms. The molecule has 2 aromatic carbocycles. The third-order valence-electron chi connectivity index (χ3n) is 3.94. The first-order valence-electron chi connectivity index (χ1n) is 8.45. The summed E-state index contributed by atoms with van der Waals surface area (Å²) in [5.74, 6) is 0.150. The molecule has 2 aromatic rings. The van der Waals surface area contributed by atoms with E-state index in [2.05, 4.69) is 5.32 Å². The number of rotatable bonds is 8. The first-order valence-corrected chi connectivity index (χ1v) is 8.82. The van der Waals surface area contributed by atoms with Crippen LogP contribution in [0.25, 0.3) is 0 Å². The second-order valence-corrected chi connectivity index (χ2v) is 6.57. The van der Waals surface area contributed by atoms with Gasteiger partial charge in [-0.2, -0.15) is 0 Å². The number of nitrogens with zero attached hydrogens (tertiary/aromatic N) is 2. The second-order valence-electron chi connectivity index (χ2n) is 6.17. The number of amides is 2. The number of hydrogen-bond donors (Lipinski definition) is 1. The molecule has 0 radical (unpaired) electrons. The number of carbonyl (C=O) groups excluding carboxylic acids is 2. The van der Waals surface area contributed by atoms with Crippen LogP contribution in [0.5, 0.6) is 11.5 Å². The van der Waals surface area contributed by atoms with Crippen LogP contribution in [0, 0.1) is 10.1 Å². The Hall–Kier alpha value is -3.33. The molecular formula is C19H20ClN3O6. The fourth-order valence-electron chi connectivity index (χ4n) is 2.29. The number of ether oxygens (including phenoxy) is 2. The molecule has 9 nitrogen and oxygen atoms in total. The number of non-ortho nitro benzene ring substituents is 1. The van der Waals surface area contributed by atoms with Crippen molar-refractivity contribution in [1.29, 1.82) is 0 Å². The maximum absolute atomic E-state index is 12.3. The molecule has 0 saturated heterocycles. The minimum atomic E-state index is -0.588. The van der Waals surface area contributed by atoms with E-state index in [1.54, 1.807) is 32.3 Å². The summed E-state index contributed by atoms with van der Waals surface area (Å²) >= 11 is 5.97. The summed E-state index contributed by atoms with van der Waals surface area (Å²) in [5.41, 5.74) is 0.658. The lowest BCUT2D eigenvalue weighted by Gasteiger charge is -2.14. The second kappa shape index (κ2) is 9.74. The van der Waals surface area contributed by atoms with Crippen molar-refractivity contribution in [3.05, 3.63) is 62.7 Å². The predicted octanol–water partition coefficient (Wildman–Crippen LogP) is 2.65. The lowest BCUT2D eigenvalue weighted by Crippen LogP contribution is -2.27. The zero-order valence-corrected chi connectivity index (χ0v) is 16.9. The number of nitro benzene ring substituents is 1. The number of nitrogens with one attached hydrogen (secondary N) is 1. The number of hydrogen-bond acceptors (Lipinski definition) is 6. The number of benzene rings is 2. The van der Waals surface area contributed by atoms with Crippen molar-refractivity contribution < 1.29 is 24.0 Å².